The molecule has 116 valence electrons. The van der Waals surface area contributed by atoms with Gasteiger partial charge in [0, 0.05) is 23.2 Å². The van der Waals surface area contributed by atoms with Crippen LogP contribution >= 0.6 is 28.1 Å². The Hall–Kier alpha value is -1.18. The molecule has 0 spiro atoms. The molecular formula is C14H21BrN4OS. The van der Waals surface area contributed by atoms with E-state index in [9.17, 15) is 4.79 Å². The molecule has 0 aliphatic carbocycles. The number of amides is 1. The van der Waals surface area contributed by atoms with Crippen molar-refractivity contribution < 1.29 is 4.79 Å². The fourth-order valence-electron chi connectivity index (χ4n) is 1.58. The lowest BCUT2D eigenvalue weighted by Gasteiger charge is -2.13. The normalized spacial score (nSPS) is 10.3. The summed E-state index contributed by atoms with van der Waals surface area (Å²) in [4.78, 5) is 13.9. The van der Waals surface area contributed by atoms with Crippen LogP contribution in [0, 0.1) is 6.92 Å². The molecule has 1 aromatic carbocycles. The van der Waals surface area contributed by atoms with Crippen molar-refractivity contribution in [1.29, 1.82) is 0 Å². The first-order valence-corrected chi connectivity index (χ1v) is 7.81. The van der Waals surface area contributed by atoms with Gasteiger partial charge in [0.15, 0.2) is 5.11 Å². The molecule has 1 amide bonds. The summed E-state index contributed by atoms with van der Waals surface area (Å²) in [6.45, 7) is 3.71. The van der Waals surface area contributed by atoms with E-state index in [1.165, 1.54) is 0 Å². The third-order valence-electron chi connectivity index (χ3n) is 2.72. The lowest BCUT2D eigenvalue weighted by Crippen LogP contribution is -2.42. The largest absolute Gasteiger partial charge is 0.361 e. The number of hydrogen-bond acceptors (Lipinski definition) is 3. The number of likely N-dealkylation sites (N-methyl/N-ethyl adjacent to an activating group) is 1. The molecule has 21 heavy (non-hydrogen) atoms. The third kappa shape index (κ3) is 7.40. The highest BCUT2D eigenvalue weighted by Crippen LogP contribution is 2.19. The summed E-state index contributed by atoms with van der Waals surface area (Å²) in [6.07, 6.45) is 0. The maximum atomic E-state index is 11.9. The van der Waals surface area contributed by atoms with Gasteiger partial charge in [-0.2, -0.15) is 0 Å². The Bertz CT molecular complexity index is 508. The fraction of sp³-hybridized carbons (Fsp3) is 0.429. The van der Waals surface area contributed by atoms with E-state index < -0.39 is 0 Å². The molecule has 5 nitrogen and oxygen atoms in total. The number of rotatable bonds is 6. The molecule has 0 saturated heterocycles. The van der Waals surface area contributed by atoms with Crippen LogP contribution in [-0.4, -0.2) is 49.6 Å². The van der Waals surface area contributed by atoms with Crippen LogP contribution in [0.25, 0.3) is 0 Å². The lowest BCUT2D eigenvalue weighted by atomic mass is 10.2. The van der Waals surface area contributed by atoms with Crippen LogP contribution in [0.5, 0.6) is 0 Å². The smallest absolute Gasteiger partial charge is 0.243 e. The van der Waals surface area contributed by atoms with Crippen molar-refractivity contribution in [2.24, 2.45) is 0 Å². The summed E-state index contributed by atoms with van der Waals surface area (Å²) < 4.78 is 0.988. The Labute approximate surface area is 139 Å². The summed E-state index contributed by atoms with van der Waals surface area (Å²) in [5.41, 5.74) is 1.81. The number of carbonyl (C=O) groups excluding carboxylic acids is 1. The van der Waals surface area contributed by atoms with Gasteiger partial charge in [-0.25, -0.2) is 0 Å². The predicted octanol–water partition coefficient (Wildman–Crippen LogP) is 1.72. The van der Waals surface area contributed by atoms with Gasteiger partial charge in [0.2, 0.25) is 5.91 Å². The summed E-state index contributed by atoms with van der Waals surface area (Å²) >= 11 is 8.50. The van der Waals surface area contributed by atoms with E-state index >= 15 is 0 Å². The SMILES string of the molecule is Cc1cc(Br)ccc1NC(=O)CNC(=S)NCCN(C)C. The fourth-order valence-corrected chi connectivity index (χ4v) is 2.23. The zero-order chi connectivity index (χ0) is 15.8. The highest BCUT2D eigenvalue weighted by molar-refractivity contribution is 9.10. The van der Waals surface area contributed by atoms with E-state index in [4.69, 9.17) is 12.2 Å². The molecule has 0 bridgehead atoms. The molecule has 0 heterocycles. The van der Waals surface area contributed by atoms with Gasteiger partial charge in [-0.1, -0.05) is 15.9 Å². The van der Waals surface area contributed by atoms with Crippen molar-refractivity contribution >= 4 is 44.9 Å². The van der Waals surface area contributed by atoms with Crippen molar-refractivity contribution in [3.8, 4) is 0 Å². The molecule has 1 rings (SSSR count). The Kier molecular flexibility index (Phi) is 7.63. The van der Waals surface area contributed by atoms with Crippen LogP contribution in [-0.2, 0) is 4.79 Å². The summed E-state index contributed by atoms with van der Waals surface area (Å²) in [7, 11) is 3.98. The van der Waals surface area contributed by atoms with Crippen LogP contribution < -0.4 is 16.0 Å². The molecule has 0 radical (unpaired) electrons. The van der Waals surface area contributed by atoms with Gasteiger partial charge in [0.25, 0.3) is 0 Å². The maximum Gasteiger partial charge on any atom is 0.243 e. The van der Waals surface area contributed by atoms with E-state index in [1.807, 2.05) is 39.2 Å². The van der Waals surface area contributed by atoms with Crippen molar-refractivity contribution in [2.45, 2.75) is 6.92 Å². The monoisotopic (exact) mass is 372 g/mol. The van der Waals surface area contributed by atoms with Crippen LogP contribution in [0.1, 0.15) is 5.56 Å². The van der Waals surface area contributed by atoms with Gasteiger partial charge in [-0.05, 0) is 57.0 Å². The average Bonchev–Trinajstić information content (AvgIpc) is 2.39. The minimum Gasteiger partial charge on any atom is -0.361 e. The molecule has 0 fully saturated rings. The highest BCUT2D eigenvalue weighted by Gasteiger charge is 2.05. The number of nitrogens with one attached hydrogen (secondary N) is 3. The van der Waals surface area contributed by atoms with E-state index in [0.717, 1.165) is 28.8 Å². The second-order valence-corrected chi connectivity index (χ2v) is 6.24. The second-order valence-electron chi connectivity index (χ2n) is 4.92. The number of hydrogen-bond donors (Lipinski definition) is 3. The van der Waals surface area contributed by atoms with Gasteiger partial charge in [-0.3, -0.25) is 4.79 Å². The van der Waals surface area contributed by atoms with Gasteiger partial charge in [-0.15, -0.1) is 0 Å². The van der Waals surface area contributed by atoms with Crippen LogP contribution in [0.3, 0.4) is 0 Å². The molecule has 0 aromatic heterocycles. The molecule has 0 unspecified atom stereocenters. The number of halogens is 1. The number of carbonyl (C=O) groups is 1. The van der Waals surface area contributed by atoms with Gasteiger partial charge >= 0.3 is 0 Å². The Morgan fingerprint density at radius 2 is 2.05 bits per heavy atom. The first kappa shape index (κ1) is 17.9. The van der Waals surface area contributed by atoms with Crippen molar-refractivity contribution in [3.63, 3.8) is 0 Å². The van der Waals surface area contributed by atoms with Crippen LogP contribution in [0.2, 0.25) is 0 Å². The molecule has 0 aliphatic heterocycles. The zero-order valence-electron chi connectivity index (χ0n) is 12.5. The molecule has 0 aliphatic rings. The first-order valence-electron chi connectivity index (χ1n) is 6.61. The summed E-state index contributed by atoms with van der Waals surface area (Å²) in [5.74, 6) is -0.128. The Morgan fingerprint density at radius 3 is 2.67 bits per heavy atom. The molecule has 0 atom stereocenters. The Morgan fingerprint density at radius 1 is 1.33 bits per heavy atom. The minimum atomic E-state index is -0.128. The molecule has 3 N–H and O–H groups in total. The maximum absolute atomic E-state index is 11.9. The third-order valence-corrected chi connectivity index (χ3v) is 3.50. The van der Waals surface area contributed by atoms with Crippen molar-refractivity contribution in [2.75, 3.05) is 39.0 Å². The highest BCUT2D eigenvalue weighted by atomic mass is 79.9. The average molecular weight is 373 g/mol. The standard InChI is InChI=1S/C14H21BrN4OS/c1-10-8-11(15)4-5-12(10)18-13(20)9-17-14(21)16-6-7-19(2)3/h4-5,8H,6-7,9H2,1-3H3,(H,18,20)(H2,16,17,21). The molecule has 1 aromatic rings. The van der Waals surface area contributed by atoms with E-state index in [2.05, 4.69) is 36.8 Å². The molecule has 0 saturated carbocycles. The van der Waals surface area contributed by atoms with Crippen molar-refractivity contribution in [1.82, 2.24) is 15.5 Å². The summed E-state index contributed by atoms with van der Waals surface area (Å²) in [6, 6.07) is 5.71. The first-order chi connectivity index (χ1) is 9.88. The number of anilines is 1. The second kappa shape index (κ2) is 8.96. The number of nitrogens with zero attached hydrogens (tertiary/aromatic N) is 1. The van der Waals surface area contributed by atoms with Crippen LogP contribution in [0.15, 0.2) is 22.7 Å². The lowest BCUT2D eigenvalue weighted by molar-refractivity contribution is -0.115. The van der Waals surface area contributed by atoms with Gasteiger partial charge in [0.1, 0.15) is 0 Å². The molecule has 7 heteroatoms. The van der Waals surface area contributed by atoms with Crippen molar-refractivity contribution in [3.05, 3.63) is 28.2 Å². The van der Waals surface area contributed by atoms with E-state index in [0.29, 0.717) is 5.11 Å². The van der Waals surface area contributed by atoms with E-state index in [1.54, 1.807) is 0 Å². The summed E-state index contributed by atoms with van der Waals surface area (Å²) in [5, 5.41) is 9.27. The molecular weight excluding hydrogens is 352 g/mol. The van der Waals surface area contributed by atoms with Crippen LogP contribution in [0.4, 0.5) is 5.69 Å². The predicted molar refractivity (Wildman–Crippen MR) is 94.7 cm³/mol. The van der Waals surface area contributed by atoms with E-state index in [-0.39, 0.29) is 12.5 Å². The minimum absolute atomic E-state index is 0.128. The number of benzene rings is 1. The quantitative estimate of drug-likeness (QED) is 0.663. The topological polar surface area (TPSA) is 56.4 Å². The number of thiocarbonyl (C=S) groups is 1. The zero-order valence-corrected chi connectivity index (χ0v) is 14.9. The van der Waals surface area contributed by atoms with Gasteiger partial charge in [0.05, 0.1) is 6.54 Å². The number of aryl methyl sites for hydroxylation is 1. The Balaban J connectivity index is 2.32. The van der Waals surface area contributed by atoms with Gasteiger partial charge < -0.3 is 20.9 Å².